The molecule has 11 heteroatoms. The summed E-state index contributed by atoms with van der Waals surface area (Å²) in [7, 11) is -3.82. The largest absolute Gasteiger partial charge is 0.304 e. The first-order chi connectivity index (χ1) is 16.1. The smallest absolute Gasteiger partial charge is 0.230 e. The molecule has 176 valence electrons. The van der Waals surface area contributed by atoms with Gasteiger partial charge in [0.1, 0.15) is 5.82 Å². The van der Waals surface area contributed by atoms with Crippen LogP contribution in [-0.4, -0.2) is 29.9 Å². The number of halogens is 2. The SMILES string of the molecule is C[C@@H]1C(=O)N(c2ccc3c(cnn3-c3ccc(F)cc3)c2)[C@H](c2ccc(Cl)s2)[C@H]1CS(N)(=O)=O. The van der Waals surface area contributed by atoms with Gasteiger partial charge in [-0.3, -0.25) is 4.79 Å². The predicted molar refractivity (Wildman–Crippen MR) is 131 cm³/mol. The van der Waals surface area contributed by atoms with Gasteiger partial charge in [0.05, 0.1) is 33.5 Å². The van der Waals surface area contributed by atoms with Crippen LogP contribution in [0.5, 0.6) is 0 Å². The molecular formula is C23H20ClFN4O3S2. The van der Waals surface area contributed by atoms with E-state index in [0.717, 1.165) is 15.8 Å². The fraction of sp³-hybridized carbons (Fsp3) is 0.217. The molecule has 3 heterocycles. The molecule has 0 unspecified atom stereocenters. The van der Waals surface area contributed by atoms with Crippen molar-refractivity contribution in [1.29, 1.82) is 0 Å². The van der Waals surface area contributed by atoms with Crippen molar-refractivity contribution >= 4 is 55.5 Å². The summed E-state index contributed by atoms with van der Waals surface area (Å²) in [4.78, 5) is 15.8. The number of thiophene rings is 1. The van der Waals surface area contributed by atoms with Crippen LogP contribution in [0, 0.1) is 17.7 Å². The number of hydrogen-bond donors (Lipinski definition) is 1. The average Bonchev–Trinajstić information content (AvgIpc) is 3.46. The van der Waals surface area contributed by atoms with E-state index in [-0.39, 0.29) is 17.5 Å². The number of sulfonamides is 1. The molecule has 0 spiro atoms. The molecule has 7 nitrogen and oxygen atoms in total. The lowest BCUT2D eigenvalue weighted by atomic mass is 9.92. The number of benzene rings is 2. The maximum atomic E-state index is 13.4. The van der Waals surface area contributed by atoms with Crippen molar-refractivity contribution in [2.75, 3.05) is 10.7 Å². The zero-order valence-electron chi connectivity index (χ0n) is 17.9. The number of carbonyl (C=O) groups is 1. The van der Waals surface area contributed by atoms with E-state index in [0.29, 0.717) is 15.7 Å². The second-order valence-electron chi connectivity index (χ2n) is 8.35. The molecule has 0 aliphatic carbocycles. The van der Waals surface area contributed by atoms with Crippen molar-refractivity contribution in [2.45, 2.75) is 13.0 Å². The predicted octanol–water partition coefficient (Wildman–Crippen LogP) is 4.51. The zero-order chi connectivity index (χ0) is 24.2. The number of anilines is 1. The summed E-state index contributed by atoms with van der Waals surface area (Å²) in [6.45, 7) is 1.73. The summed E-state index contributed by atoms with van der Waals surface area (Å²) in [5.41, 5.74) is 2.11. The van der Waals surface area contributed by atoms with E-state index in [1.54, 1.807) is 47.0 Å². The van der Waals surface area contributed by atoms with E-state index in [2.05, 4.69) is 5.10 Å². The topological polar surface area (TPSA) is 98.3 Å². The Kier molecular flexibility index (Phi) is 5.71. The number of hydrogen-bond acceptors (Lipinski definition) is 5. The summed E-state index contributed by atoms with van der Waals surface area (Å²) < 4.78 is 39.5. The molecule has 3 atom stereocenters. The molecule has 2 aromatic carbocycles. The molecule has 1 fully saturated rings. The van der Waals surface area contributed by atoms with Crippen molar-refractivity contribution in [1.82, 2.24) is 9.78 Å². The molecule has 1 saturated heterocycles. The van der Waals surface area contributed by atoms with Gasteiger partial charge in [-0.15, -0.1) is 11.3 Å². The number of amides is 1. The summed E-state index contributed by atoms with van der Waals surface area (Å²) in [5, 5.41) is 10.6. The van der Waals surface area contributed by atoms with Gasteiger partial charge in [0.2, 0.25) is 15.9 Å². The van der Waals surface area contributed by atoms with E-state index < -0.39 is 27.9 Å². The number of aromatic nitrogens is 2. The van der Waals surface area contributed by atoms with Gasteiger partial charge in [0.15, 0.2) is 0 Å². The Hall–Kier alpha value is -2.79. The van der Waals surface area contributed by atoms with Crippen LogP contribution in [-0.2, 0) is 14.8 Å². The highest BCUT2D eigenvalue weighted by molar-refractivity contribution is 7.89. The minimum absolute atomic E-state index is 0.187. The van der Waals surface area contributed by atoms with Crippen LogP contribution in [0.4, 0.5) is 10.1 Å². The second kappa shape index (κ2) is 8.46. The first-order valence-corrected chi connectivity index (χ1v) is 13.4. The Morgan fingerprint density at radius 2 is 1.82 bits per heavy atom. The normalized spacial score (nSPS) is 21.0. The maximum Gasteiger partial charge on any atom is 0.230 e. The third kappa shape index (κ3) is 4.11. The molecule has 0 radical (unpaired) electrons. The molecule has 1 aliphatic heterocycles. The van der Waals surface area contributed by atoms with Gasteiger partial charge in [0, 0.05) is 27.8 Å². The first kappa shape index (κ1) is 23.0. The Morgan fingerprint density at radius 3 is 2.47 bits per heavy atom. The molecule has 5 rings (SSSR count). The van der Waals surface area contributed by atoms with Crippen LogP contribution in [0.25, 0.3) is 16.6 Å². The summed E-state index contributed by atoms with van der Waals surface area (Å²) in [6.07, 6.45) is 1.67. The minimum atomic E-state index is -3.82. The Balaban J connectivity index is 1.59. The van der Waals surface area contributed by atoms with Gasteiger partial charge >= 0.3 is 0 Å². The highest BCUT2D eigenvalue weighted by atomic mass is 35.5. The summed E-state index contributed by atoms with van der Waals surface area (Å²) in [6, 6.07) is 14.5. The quantitative estimate of drug-likeness (QED) is 0.420. The van der Waals surface area contributed by atoms with E-state index >= 15 is 0 Å². The van der Waals surface area contributed by atoms with Gasteiger partial charge in [0.25, 0.3) is 0 Å². The van der Waals surface area contributed by atoms with Gasteiger partial charge < -0.3 is 4.90 Å². The van der Waals surface area contributed by atoms with Crippen molar-refractivity contribution < 1.29 is 17.6 Å². The molecule has 4 aromatic rings. The van der Waals surface area contributed by atoms with E-state index in [1.807, 2.05) is 18.2 Å². The standard InChI is InChI=1S/C23H20ClFN4O3S2/c1-13-18(12-34(26,31)32)22(20-8-9-21(24)33-20)28(23(13)30)17-6-7-19-14(10-17)11-27-29(19)16-4-2-15(25)3-5-16/h2-11,13,18,22H,12H2,1H3,(H2,26,31,32)/t13-,18-,22-/m0/s1. The van der Waals surface area contributed by atoms with Crippen molar-refractivity contribution in [3.05, 3.63) is 75.8 Å². The molecule has 1 amide bonds. The number of fused-ring (bicyclic) bond motifs is 1. The second-order valence-corrected chi connectivity index (χ2v) is 11.8. The van der Waals surface area contributed by atoms with Crippen LogP contribution < -0.4 is 10.0 Å². The molecular weight excluding hydrogens is 499 g/mol. The minimum Gasteiger partial charge on any atom is -0.304 e. The molecule has 0 saturated carbocycles. The molecule has 2 aromatic heterocycles. The average molecular weight is 519 g/mol. The Morgan fingerprint density at radius 1 is 1.12 bits per heavy atom. The Labute approximate surface area is 204 Å². The van der Waals surface area contributed by atoms with Crippen molar-refractivity contribution in [2.24, 2.45) is 17.0 Å². The molecule has 1 aliphatic rings. The lowest BCUT2D eigenvalue weighted by Crippen LogP contribution is -2.31. The van der Waals surface area contributed by atoms with Gasteiger partial charge in [-0.25, -0.2) is 22.6 Å². The van der Waals surface area contributed by atoms with Crippen LogP contribution in [0.3, 0.4) is 0 Å². The number of nitrogens with zero attached hydrogens (tertiary/aromatic N) is 3. The molecule has 34 heavy (non-hydrogen) atoms. The first-order valence-electron chi connectivity index (χ1n) is 10.4. The van der Waals surface area contributed by atoms with Crippen molar-refractivity contribution in [3.63, 3.8) is 0 Å². The van der Waals surface area contributed by atoms with Crippen LogP contribution >= 0.6 is 22.9 Å². The van der Waals surface area contributed by atoms with Gasteiger partial charge in [-0.1, -0.05) is 18.5 Å². The third-order valence-electron chi connectivity index (χ3n) is 6.16. The number of nitrogens with two attached hydrogens (primary N) is 1. The van der Waals surface area contributed by atoms with Gasteiger partial charge in [-0.2, -0.15) is 5.10 Å². The van der Waals surface area contributed by atoms with Crippen LogP contribution in [0.1, 0.15) is 17.8 Å². The van der Waals surface area contributed by atoms with Crippen molar-refractivity contribution in [3.8, 4) is 5.69 Å². The lowest BCUT2D eigenvalue weighted by Gasteiger charge is -2.27. The lowest BCUT2D eigenvalue weighted by molar-refractivity contribution is -0.120. The van der Waals surface area contributed by atoms with Gasteiger partial charge in [-0.05, 0) is 54.6 Å². The number of carbonyl (C=O) groups excluding carboxylic acids is 1. The fourth-order valence-corrected chi connectivity index (χ4v) is 6.82. The fourth-order valence-electron chi connectivity index (χ4n) is 4.58. The zero-order valence-corrected chi connectivity index (χ0v) is 20.3. The van der Waals surface area contributed by atoms with Crippen LogP contribution in [0.15, 0.2) is 60.8 Å². The molecule has 0 bridgehead atoms. The number of primary sulfonamides is 1. The third-order valence-corrected chi connectivity index (χ3v) is 8.32. The summed E-state index contributed by atoms with van der Waals surface area (Å²) >= 11 is 7.48. The Bertz CT molecular complexity index is 1500. The highest BCUT2D eigenvalue weighted by Crippen LogP contribution is 2.47. The summed E-state index contributed by atoms with van der Waals surface area (Å²) in [5.74, 6) is -1.93. The van der Waals surface area contributed by atoms with E-state index in [4.69, 9.17) is 16.7 Å². The van der Waals surface area contributed by atoms with E-state index in [1.165, 1.54) is 23.5 Å². The number of rotatable bonds is 5. The monoisotopic (exact) mass is 518 g/mol. The van der Waals surface area contributed by atoms with E-state index in [9.17, 15) is 17.6 Å². The highest BCUT2D eigenvalue weighted by Gasteiger charge is 2.48. The molecule has 2 N–H and O–H groups in total. The maximum absolute atomic E-state index is 13.4. The van der Waals surface area contributed by atoms with Crippen LogP contribution in [0.2, 0.25) is 4.34 Å².